The van der Waals surface area contributed by atoms with Crippen LogP contribution in [0.25, 0.3) is 0 Å². The van der Waals surface area contributed by atoms with Crippen LogP contribution in [0.2, 0.25) is 0 Å². The summed E-state index contributed by atoms with van der Waals surface area (Å²) in [5, 5.41) is 2.95. The van der Waals surface area contributed by atoms with Gasteiger partial charge in [-0.05, 0) is 75.2 Å². The van der Waals surface area contributed by atoms with Gasteiger partial charge in [0.2, 0.25) is 11.8 Å². The maximum absolute atomic E-state index is 12.5. The number of ether oxygens (including phenoxy) is 1. The maximum atomic E-state index is 12.5. The molecule has 0 unspecified atom stereocenters. The molecule has 2 aromatic carbocycles. The number of carbonyl (C=O) groups is 2. The van der Waals surface area contributed by atoms with Gasteiger partial charge >= 0.3 is 0 Å². The molecular weight excluding hydrogens is 378 g/mol. The first-order valence-corrected chi connectivity index (χ1v) is 10.8. The first-order chi connectivity index (χ1) is 14.7. The van der Waals surface area contributed by atoms with E-state index in [1.807, 2.05) is 59.5 Å². The molecular formula is C24H29N3O3. The van der Waals surface area contributed by atoms with E-state index in [1.54, 1.807) is 0 Å². The number of benzene rings is 2. The Kier molecular flexibility index (Phi) is 6.64. The molecule has 6 nitrogen and oxygen atoms in total. The summed E-state index contributed by atoms with van der Waals surface area (Å²) in [5.41, 5.74) is 0.750. The van der Waals surface area contributed by atoms with Gasteiger partial charge in [0.05, 0.1) is 6.54 Å². The molecule has 2 aliphatic rings. The molecule has 0 radical (unpaired) electrons. The Morgan fingerprint density at radius 1 is 0.867 bits per heavy atom. The van der Waals surface area contributed by atoms with Crippen molar-refractivity contribution in [2.75, 3.05) is 38.0 Å². The number of likely N-dealkylation sites (tertiary alicyclic amines) is 2. The molecule has 2 amide bonds. The number of piperidine rings is 1. The molecule has 2 aromatic rings. The lowest BCUT2D eigenvalue weighted by Crippen LogP contribution is -2.43. The van der Waals surface area contributed by atoms with Crippen molar-refractivity contribution in [3.8, 4) is 11.5 Å². The van der Waals surface area contributed by atoms with Crippen LogP contribution in [-0.4, -0.2) is 54.3 Å². The molecule has 0 aromatic heterocycles. The van der Waals surface area contributed by atoms with E-state index < -0.39 is 0 Å². The molecule has 2 saturated heterocycles. The zero-order valence-corrected chi connectivity index (χ0v) is 17.3. The van der Waals surface area contributed by atoms with Gasteiger partial charge in [0, 0.05) is 24.7 Å². The highest BCUT2D eigenvalue weighted by atomic mass is 16.5. The number of amides is 2. The molecule has 2 aliphatic heterocycles. The van der Waals surface area contributed by atoms with Gasteiger partial charge in [-0.1, -0.05) is 18.2 Å². The second kappa shape index (κ2) is 9.76. The largest absolute Gasteiger partial charge is 0.457 e. The lowest BCUT2D eigenvalue weighted by molar-refractivity contribution is -0.136. The number of para-hydroxylation sites is 1. The molecule has 0 saturated carbocycles. The Bertz CT molecular complexity index is 840. The van der Waals surface area contributed by atoms with E-state index in [9.17, 15) is 9.59 Å². The van der Waals surface area contributed by atoms with Crippen molar-refractivity contribution in [3.05, 3.63) is 54.6 Å². The third-order valence-electron chi connectivity index (χ3n) is 5.84. The molecule has 6 heteroatoms. The van der Waals surface area contributed by atoms with Crippen molar-refractivity contribution in [3.63, 3.8) is 0 Å². The molecule has 158 valence electrons. The van der Waals surface area contributed by atoms with Crippen LogP contribution < -0.4 is 10.1 Å². The average molecular weight is 408 g/mol. The van der Waals surface area contributed by atoms with E-state index in [0.717, 1.165) is 69.0 Å². The summed E-state index contributed by atoms with van der Waals surface area (Å²) in [5.74, 6) is 1.91. The van der Waals surface area contributed by atoms with Gasteiger partial charge in [-0.2, -0.15) is 0 Å². The minimum absolute atomic E-state index is 0.0314. The molecule has 2 fully saturated rings. The zero-order chi connectivity index (χ0) is 20.8. The van der Waals surface area contributed by atoms with Gasteiger partial charge in [0.15, 0.2) is 0 Å². The molecule has 2 heterocycles. The van der Waals surface area contributed by atoms with E-state index in [0.29, 0.717) is 12.5 Å². The number of rotatable bonds is 6. The first kappa shape index (κ1) is 20.4. The third kappa shape index (κ3) is 5.39. The second-order valence-electron chi connectivity index (χ2n) is 8.07. The van der Waals surface area contributed by atoms with Crippen LogP contribution in [0.1, 0.15) is 25.7 Å². The van der Waals surface area contributed by atoms with Gasteiger partial charge in [-0.25, -0.2) is 0 Å². The Morgan fingerprint density at radius 2 is 1.50 bits per heavy atom. The van der Waals surface area contributed by atoms with E-state index in [4.69, 9.17) is 4.74 Å². The highest BCUT2D eigenvalue weighted by molar-refractivity contribution is 5.92. The summed E-state index contributed by atoms with van der Waals surface area (Å²) in [6.07, 6.45) is 3.94. The van der Waals surface area contributed by atoms with Crippen LogP contribution in [0.4, 0.5) is 5.69 Å². The van der Waals surface area contributed by atoms with E-state index in [1.165, 1.54) is 0 Å². The Balaban J connectivity index is 1.21. The summed E-state index contributed by atoms with van der Waals surface area (Å²) in [6, 6.07) is 17.0. The van der Waals surface area contributed by atoms with Gasteiger partial charge in [0.25, 0.3) is 0 Å². The number of hydrogen-bond donors (Lipinski definition) is 1. The predicted octanol–water partition coefficient (Wildman–Crippen LogP) is 3.75. The first-order valence-electron chi connectivity index (χ1n) is 10.8. The quantitative estimate of drug-likeness (QED) is 0.792. The highest BCUT2D eigenvalue weighted by Crippen LogP contribution is 2.24. The van der Waals surface area contributed by atoms with Crippen LogP contribution in [0, 0.1) is 5.92 Å². The Hall–Kier alpha value is -2.86. The van der Waals surface area contributed by atoms with Crippen molar-refractivity contribution in [1.29, 1.82) is 0 Å². The lowest BCUT2D eigenvalue weighted by Gasteiger charge is -2.32. The summed E-state index contributed by atoms with van der Waals surface area (Å²) in [4.78, 5) is 29.1. The van der Waals surface area contributed by atoms with Gasteiger partial charge in [0.1, 0.15) is 11.5 Å². The topological polar surface area (TPSA) is 61.9 Å². The molecule has 1 N–H and O–H groups in total. The van der Waals surface area contributed by atoms with Crippen molar-refractivity contribution in [2.45, 2.75) is 25.7 Å². The Morgan fingerprint density at radius 3 is 2.17 bits per heavy atom. The van der Waals surface area contributed by atoms with Crippen LogP contribution in [0.15, 0.2) is 54.6 Å². The summed E-state index contributed by atoms with van der Waals surface area (Å²) in [7, 11) is 0. The fourth-order valence-electron chi connectivity index (χ4n) is 4.17. The summed E-state index contributed by atoms with van der Waals surface area (Å²) >= 11 is 0. The van der Waals surface area contributed by atoms with Crippen molar-refractivity contribution >= 4 is 17.5 Å². The molecule has 0 aliphatic carbocycles. The number of carbonyl (C=O) groups excluding carboxylic acids is 2. The summed E-state index contributed by atoms with van der Waals surface area (Å²) in [6.45, 7) is 3.77. The minimum Gasteiger partial charge on any atom is -0.457 e. The molecule has 0 bridgehead atoms. The minimum atomic E-state index is -0.0314. The predicted molar refractivity (Wildman–Crippen MR) is 117 cm³/mol. The SMILES string of the molecule is O=C(CN1CCC(C(=O)N2CCCC2)CC1)Nc1ccc(Oc2ccccc2)cc1. The zero-order valence-electron chi connectivity index (χ0n) is 17.3. The van der Waals surface area contributed by atoms with Crippen LogP contribution in [-0.2, 0) is 9.59 Å². The van der Waals surface area contributed by atoms with Gasteiger partial charge < -0.3 is 15.0 Å². The fraction of sp³-hybridized carbons (Fsp3) is 0.417. The molecule has 0 spiro atoms. The highest BCUT2D eigenvalue weighted by Gasteiger charge is 2.30. The monoisotopic (exact) mass is 407 g/mol. The van der Waals surface area contributed by atoms with Gasteiger partial charge in [-0.3, -0.25) is 14.5 Å². The van der Waals surface area contributed by atoms with Crippen molar-refractivity contribution < 1.29 is 14.3 Å². The van der Waals surface area contributed by atoms with E-state index in [-0.39, 0.29) is 11.8 Å². The number of anilines is 1. The Labute approximate surface area is 177 Å². The van der Waals surface area contributed by atoms with E-state index in [2.05, 4.69) is 10.2 Å². The normalized spacial score (nSPS) is 17.7. The summed E-state index contributed by atoms with van der Waals surface area (Å²) < 4.78 is 5.77. The van der Waals surface area contributed by atoms with Crippen molar-refractivity contribution in [2.24, 2.45) is 5.92 Å². The number of hydrogen-bond acceptors (Lipinski definition) is 4. The maximum Gasteiger partial charge on any atom is 0.238 e. The van der Waals surface area contributed by atoms with Crippen LogP contribution >= 0.6 is 0 Å². The van der Waals surface area contributed by atoms with Crippen molar-refractivity contribution in [1.82, 2.24) is 9.80 Å². The third-order valence-corrected chi connectivity index (χ3v) is 5.84. The van der Waals surface area contributed by atoms with Crippen LogP contribution in [0.3, 0.4) is 0 Å². The smallest absolute Gasteiger partial charge is 0.238 e. The lowest BCUT2D eigenvalue weighted by atomic mass is 9.95. The second-order valence-corrected chi connectivity index (χ2v) is 8.07. The molecule has 0 atom stereocenters. The number of nitrogens with zero attached hydrogens (tertiary/aromatic N) is 2. The van der Waals surface area contributed by atoms with Crippen LogP contribution in [0.5, 0.6) is 11.5 Å². The van der Waals surface area contributed by atoms with E-state index >= 15 is 0 Å². The van der Waals surface area contributed by atoms with Gasteiger partial charge in [-0.15, -0.1) is 0 Å². The fourth-order valence-corrected chi connectivity index (χ4v) is 4.17. The standard InChI is InChI=1S/C24H29N3O3/c28-23(18-26-16-12-19(13-17-26)24(29)27-14-4-5-15-27)25-20-8-10-22(11-9-20)30-21-6-2-1-3-7-21/h1-3,6-11,19H,4-5,12-18H2,(H,25,28). The average Bonchev–Trinajstić information content (AvgIpc) is 3.31. The number of nitrogens with one attached hydrogen (secondary N) is 1. The molecule has 4 rings (SSSR count). The molecule has 30 heavy (non-hydrogen) atoms.